The number of benzene rings is 1. The number of carboxylic acid groups (broad SMARTS) is 1. The molecule has 0 saturated heterocycles. The molecule has 2 rings (SSSR count). The van der Waals surface area contributed by atoms with Crippen LogP contribution in [0.3, 0.4) is 0 Å². The lowest BCUT2D eigenvalue weighted by Crippen LogP contribution is -2.41. The van der Waals surface area contributed by atoms with E-state index >= 15 is 0 Å². The molecule has 128 valence electrons. The standard InChI is InChI=1S/C14H16Cl2N2O4.ClH/c1-18(6-12(20)17-5-13(21)22)14-9-2-7(15)3-10(16)8(9)4-11(14)19;/h2-3,11,14,19H,4-6H2,1H3,(H,17,20)(H,21,22);1H. The van der Waals surface area contributed by atoms with Crippen LogP contribution in [0.5, 0.6) is 0 Å². The van der Waals surface area contributed by atoms with E-state index < -0.39 is 30.6 Å². The van der Waals surface area contributed by atoms with Crippen molar-refractivity contribution in [2.45, 2.75) is 18.6 Å². The minimum atomic E-state index is -1.11. The summed E-state index contributed by atoms with van der Waals surface area (Å²) >= 11 is 12.1. The third-order valence-corrected chi connectivity index (χ3v) is 4.15. The zero-order valence-corrected chi connectivity index (χ0v) is 14.6. The normalized spacial score (nSPS) is 19.2. The molecule has 2 unspecified atom stereocenters. The number of carbonyl (C=O) groups excluding carboxylic acids is 1. The summed E-state index contributed by atoms with van der Waals surface area (Å²) in [6.07, 6.45) is -0.319. The number of hydrogen-bond acceptors (Lipinski definition) is 4. The molecule has 6 nitrogen and oxygen atoms in total. The van der Waals surface area contributed by atoms with Gasteiger partial charge in [-0.2, -0.15) is 0 Å². The van der Waals surface area contributed by atoms with Gasteiger partial charge in [0.15, 0.2) is 0 Å². The van der Waals surface area contributed by atoms with Crippen LogP contribution in [0.4, 0.5) is 0 Å². The number of halogens is 3. The molecule has 0 saturated carbocycles. The van der Waals surface area contributed by atoms with Crippen LogP contribution in [0, 0.1) is 0 Å². The molecular weight excluding hydrogens is 367 g/mol. The second-order valence-electron chi connectivity index (χ2n) is 5.26. The van der Waals surface area contributed by atoms with Gasteiger partial charge in [-0.3, -0.25) is 14.5 Å². The predicted molar refractivity (Wildman–Crippen MR) is 89.4 cm³/mol. The van der Waals surface area contributed by atoms with Crippen LogP contribution in [-0.4, -0.2) is 53.2 Å². The number of rotatable bonds is 5. The average molecular weight is 384 g/mol. The number of fused-ring (bicyclic) bond motifs is 1. The van der Waals surface area contributed by atoms with Gasteiger partial charge < -0.3 is 15.5 Å². The van der Waals surface area contributed by atoms with E-state index in [9.17, 15) is 14.7 Å². The van der Waals surface area contributed by atoms with E-state index in [1.807, 2.05) is 0 Å². The number of hydrogen-bond donors (Lipinski definition) is 3. The Morgan fingerprint density at radius 1 is 1.39 bits per heavy atom. The molecule has 1 aliphatic carbocycles. The van der Waals surface area contributed by atoms with Crippen LogP contribution in [0.1, 0.15) is 17.2 Å². The van der Waals surface area contributed by atoms with Gasteiger partial charge in [-0.15, -0.1) is 12.4 Å². The fraction of sp³-hybridized carbons (Fsp3) is 0.429. The number of carboxylic acids is 1. The molecule has 1 aliphatic rings. The minimum absolute atomic E-state index is 0. The molecule has 0 heterocycles. The zero-order chi connectivity index (χ0) is 16.4. The Labute approximate surface area is 149 Å². The predicted octanol–water partition coefficient (Wildman–Crippen LogP) is 1.51. The Morgan fingerprint density at radius 3 is 2.65 bits per heavy atom. The summed E-state index contributed by atoms with van der Waals surface area (Å²) in [5, 5.41) is 22.0. The lowest BCUT2D eigenvalue weighted by atomic mass is 10.1. The van der Waals surface area contributed by atoms with Crippen molar-refractivity contribution < 1.29 is 19.8 Å². The topological polar surface area (TPSA) is 89.9 Å². The molecule has 9 heteroatoms. The van der Waals surface area contributed by atoms with E-state index in [0.29, 0.717) is 16.5 Å². The molecule has 0 aromatic heterocycles. The molecule has 23 heavy (non-hydrogen) atoms. The third kappa shape index (κ3) is 4.71. The molecule has 1 amide bonds. The van der Waals surface area contributed by atoms with Crippen LogP contribution < -0.4 is 5.32 Å². The Morgan fingerprint density at radius 2 is 2.04 bits per heavy atom. The number of likely N-dealkylation sites (N-methyl/N-ethyl adjacent to an activating group) is 1. The number of nitrogens with one attached hydrogen (secondary N) is 1. The van der Waals surface area contributed by atoms with Gasteiger partial charge in [0.2, 0.25) is 5.91 Å². The van der Waals surface area contributed by atoms with Gasteiger partial charge >= 0.3 is 5.97 Å². The first-order chi connectivity index (χ1) is 10.3. The van der Waals surface area contributed by atoms with Crippen molar-refractivity contribution in [3.8, 4) is 0 Å². The van der Waals surface area contributed by atoms with E-state index in [1.165, 1.54) is 0 Å². The zero-order valence-electron chi connectivity index (χ0n) is 12.3. The Balaban J connectivity index is 0.00000264. The van der Waals surface area contributed by atoms with Gasteiger partial charge in [-0.25, -0.2) is 0 Å². The summed E-state index contributed by atoms with van der Waals surface area (Å²) in [4.78, 5) is 23.8. The molecule has 1 aromatic carbocycles. The summed E-state index contributed by atoms with van der Waals surface area (Å²) in [7, 11) is 1.68. The molecule has 0 aliphatic heterocycles. The van der Waals surface area contributed by atoms with Crippen molar-refractivity contribution in [3.05, 3.63) is 33.3 Å². The number of carbonyl (C=O) groups is 2. The van der Waals surface area contributed by atoms with Gasteiger partial charge in [0.1, 0.15) is 6.54 Å². The molecule has 1 aromatic rings. The van der Waals surface area contributed by atoms with E-state index in [0.717, 1.165) is 11.1 Å². The monoisotopic (exact) mass is 382 g/mol. The van der Waals surface area contributed by atoms with Gasteiger partial charge in [0, 0.05) is 16.5 Å². The van der Waals surface area contributed by atoms with Crippen molar-refractivity contribution in [1.29, 1.82) is 0 Å². The second kappa shape index (κ2) is 8.17. The fourth-order valence-electron chi connectivity index (χ4n) is 2.72. The highest BCUT2D eigenvalue weighted by atomic mass is 35.5. The van der Waals surface area contributed by atoms with E-state index in [2.05, 4.69) is 5.32 Å². The third-order valence-electron chi connectivity index (χ3n) is 3.60. The maximum atomic E-state index is 11.7. The summed E-state index contributed by atoms with van der Waals surface area (Å²) in [5.41, 5.74) is 1.61. The first-order valence-corrected chi connectivity index (χ1v) is 7.39. The van der Waals surface area contributed by atoms with Crippen molar-refractivity contribution in [1.82, 2.24) is 10.2 Å². The molecule has 0 bridgehead atoms. The minimum Gasteiger partial charge on any atom is -0.480 e. The number of aliphatic hydroxyl groups excluding tert-OH is 1. The van der Waals surface area contributed by atoms with Gasteiger partial charge in [-0.1, -0.05) is 23.2 Å². The Bertz CT molecular complexity index is 612. The maximum Gasteiger partial charge on any atom is 0.322 e. The van der Waals surface area contributed by atoms with Gasteiger partial charge in [-0.05, 0) is 30.3 Å². The van der Waals surface area contributed by atoms with E-state index in [4.69, 9.17) is 28.3 Å². The molecule has 0 fully saturated rings. The highest BCUT2D eigenvalue weighted by Gasteiger charge is 2.36. The molecular formula is C14H17Cl3N2O4. The summed E-state index contributed by atoms with van der Waals surface area (Å²) in [6, 6.07) is 2.94. The number of aliphatic hydroxyl groups is 1. The molecule has 0 spiro atoms. The first-order valence-electron chi connectivity index (χ1n) is 6.64. The van der Waals surface area contributed by atoms with Crippen LogP contribution in [0.15, 0.2) is 12.1 Å². The van der Waals surface area contributed by atoms with Crippen molar-refractivity contribution in [2.75, 3.05) is 20.1 Å². The van der Waals surface area contributed by atoms with Gasteiger partial charge in [0.05, 0.1) is 18.7 Å². The van der Waals surface area contributed by atoms with Crippen LogP contribution in [0.2, 0.25) is 10.0 Å². The lowest BCUT2D eigenvalue weighted by molar-refractivity contribution is -0.138. The van der Waals surface area contributed by atoms with Gasteiger partial charge in [0.25, 0.3) is 0 Å². The average Bonchev–Trinajstić information content (AvgIpc) is 2.73. The maximum absolute atomic E-state index is 11.7. The van der Waals surface area contributed by atoms with Crippen LogP contribution in [-0.2, 0) is 16.0 Å². The SMILES string of the molecule is CN(CC(=O)NCC(=O)O)C1c2cc(Cl)cc(Cl)c2CC1O.Cl. The van der Waals surface area contributed by atoms with Crippen molar-refractivity contribution in [2.24, 2.45) is 0 Å². The molecule has 0 radical (unpaired) electrons. The number of amides is 1. The highest BCUT2D eigenvalue weighted by molar-refractivity contribution is 6.35. The molecule has 3 N–H and O–H groups in total. The summed E-state index contributed by atoms with van der Waals surface area (Å²) < 4.78 is 0. The van der Waals surface area contributed by atoms with Crippen LogP contribution >= 0.6 is 35.6 Å². The summed E-state index contributed by atoms with van der Waals surface area (Å²) in [6.45, 7) is -0.479. The van der Waals surface area contributed by atoms with Crippen molar-refractivity contribution >= 4 is 47.5 Å². The Hall–Kier alpha value is -1.05. The second-order valence-corrected chi connectivity index (χ2v) is 6.10. The summed E-state index contributed by atoms with van der Waals surface area (Å²) in [5.74, 6) is -1.54. The van der Waals surface area contributed by atoms with E-state index in [-0.39, 0.29) is 19.0 Å². The number of aliphatic carboxylic acids is 1. The lowest BCUT2D eigenvalue weighted by Gasteiger charge is -2.27. The fourth-order valence-corrected chi connectivity index (χ4v) is 3.30. The van der Waals surface area contributed by atoms with Crippen LogP contribution in [0.25, 0.3) is 0 Å². The Kier molecular flexibility index (Phi) is 7.10. The van der Waals surface area contributed by atoms with E-state index in [1.54, 1.807) is 24.1 Å². The largest absolute Gasteiger partial charge is 0.480 e. The first kappa shape index (κ1) is 20.0. The smallest absolute Gasteiger partial charge is 0.322 e. The highest BCUT2D eigenvalue weighted by Crippen LogP contribution is 2.40. The quantitative estimate of drug-likeness (QED) is 0.717. The van der Waals surface area contributed by atoms with Crippen molar-refractivity contribution in [3.63, 3.8) is 0 Å². The number of nitrogens with zero attached hydrogens (tertiary/aromatic N) is 1. The molecule has 2 atom stereocenters.